The van der Waals surface area contributed by atoms with Crippen molar-refractivity contribution < 1.29 is 17.6 Å². The van der Waals surface area contributed by atoms with Gasteiger partial charge in [0.15, 0.2) is 9.84 Å². The lowest BCUT2D eigenvalue weighted by molar-refractivity contribution is 0.0927. The van der Waals surface area contributed by atoms with Crippen molar-refractivity contribution in [2.75, 3.05) is 6.26 Å². The average Bonchev–Trinajstić information content (AvgIpc) is 2.41. The Bertz CT molecular complexity index is 642. The third kappa shape index (κ3) is 3.61. The lowest BCUT2D eigenvalue weighted by atomic mass is 9.94. The number of hydrogen-bond acceptors (Lipinski definition) is 3. The summed E-state index contributed by atoms with van der Waals surface area (Å²) in [7, 11) is -3.21. The van der Waals surface area contributed by atoms with E-state index >= 15 is 0 Å². The highest BCUT2D eigenvalue weighted by molar-refractivity contribution is 7.91. The Balaban J connectivity index is 2.19. The fraction of sp³-hybridized carbons (Fsp3) is 0.533. The predicted octanol–water partition coefficient (Wildman–Crippen LogP) is 2.22. The predicted molar refractivity (Wildman–Crippen MR) is 79.5 cm³/mol. The molecule has 0 spiro atoms. The van der Waals surface area contributed by atoms with Crippen LogP contribution in [-0.4, -0.2) is 31.9 Å². The van der Waals surface area contributed by atoms with E-state index in [4.69, 9.17) is 0 Å². The summed E-state index contributed by atoms with van der Waals surface area (Å²) in [5.41, 5.74) is 0.537. The molecule has 1 fully saturated rings. The van der Waals surface area contributed by atoms with Crippen LogP contribution in [0.5, 0.6) is 0 Å². The van der Waals surface area contributed by atoms with Gasteiger partial charge in [0.2, 0.25) is 0 Å². The second-order valence-electron chi connectivity index (χ2n) is 5.64. The van der Waals surface area contributed by atoms with Crippen LogP contribution >= 0.6 is 0 Å². The lowest BCUT2D eigenvalue weighted by Crippen LogP contribution is -2.48. The standard InChI is InChI=1S/C15H20FNO3S/c1-10-11(6-5-7-12(10)16)15(18)17-13-8-3-4-9-14(13)21(2,19)20/h5-7,13-14H,3-4,8-9H2,1-2H3,(H,17,18)/t13-,14-/m1/s1. The number of nitrogens with one attached hydrogen (secondary N) is 1. The van der Waals surface area contributed by atoms with Crippen LogP contribution in [0, 0.1) is 12.7 Å². The van der Waals surface area contributed by atoms with E-state index in [0.29, 0.717) is 12.8 Å². The molecular weight excluding hydrogens is 293 g/mol. The van der Waals surface area contributed by atoms with Crippen LogP contribution in [-0.2, 0) is 9.84 Å². The van der Waals surface area contributed by atoms with E-state index in [0.717, 1.165) is 12.8 Å². The van der Waals surface area contributed by atoms with Crippen molar-refractivity contribution >= 4 is 15.7 Å². The fourth-order valence-corrected chi connectivity index (χ4v) is 4.27. The first kappa shape index (κ1) is 15.9. The number of carbonyl (C=O) groups excluding carboxylic acids is 1. The van der Waals surface area contributed by atoms with E-state index in [1.54, 1.807) is 13.0 Å². The van der Waals surface area contributed by atoms with Crippen molar-refractivity contribution in [1.82, 2.24) is 5.32 Å². The maximum atomic E-state index is 13.5. The molecule has 4 nitrogen and oxygen atoms in total. The van der Waals surface area contributed by atoms with E-state index in [1.807, 2.05) is 0 Å². The number of amides is 1. The van der Waals surface area contributed by atoms with Crippen LogP contribution in [0.3, 0.4) is 0 Å². The largest absolute Gasteiger partial charge is 0.348 e. The second kappa shape index (κ2) is 6.13. The molecule has 0 unspecified atom stereocenters. The maximum Gasteiger partial charge on any atom is 0.251 e. The van der Waals surface area contributed by atoms with Crippen LogP contribution < -0.4 is 5.32 Å². The van der Waals surface area contributed by atoms with Crippen molar-refractivity contribution in [3.05, 3.63) is 35.1 Å². The zero-order chi connectivity index (χ0) is 15.6. The normalized spacial score (nSPS) is 22.8. The number of sulfone groups is 1. The van der Waals surface area contributed by atoms with Gasteiger partial charge in [-0.25, -0.2) is 12.8 Å². The van der Waals surface area contributed by atoms with Crippen molar-refractivity contribution in [1.29, 1.82) is 0 Å². The van der Waals surface area contributed by atoms with E-state index in [9.17, 15) is 17.6 Å². The van der Waals surface area contributed by atoms with Crippen LogP contribution in [0.2, 0.25) is 0 Å². The number of halogens is 1. The molecule has 0 aromatic heterocycles. The number of hydrogen-bond donors (Lipinski definition) is 1. The summed E-state index contributed by atoms with van der Waals surface area (Å²) in [6.45, 7) is 1.54. The van der Waals surface area contributed by atoms with E-state index in [-0.39, 0.29) is 11.1 Å². The number of carbonyl (C=O) groups is 1. The molecule has 2 atom stereocenters. The molecule has 0 aliphatic heterocycles. The fourth-order valence-electron chi connectivity index (χ4n) is 2.87. The molecule has 21 heavy (non-hydrogen) atoms. The summed E-state index contributed by atoms with van der Waals surface area (Å²) in [5, 5.41) is 2.22. The Morgan fingerprint density at radius 1 is 1.29 bits per heavy atom. The Morgan fingerprint density at radius 2 is 1.95 bits per heavy atom. The smallest absolute Gasteiger partial charge is 0.251 e. The van der Waals surface area contributed by atoms with Gasteiger partial charge in [0, 0.05) is 17.9 Å². The SMILES string of the molecule is Cc1c(F)cccc1C(=O)N[C@@H]1CCCC[C@H]1S(C)(=O)=O. The molecule has 1 amide bonds. The number of benzene rings is 1. The minimum Gasteiger partial charge on any atom is -0.348 e. The van der Waals surface area contributed by atoms with Crippen LogP contribution in [0.15, 0.2) is 18.2 Å². The topological polar surface area (TPSA) is 63.2 Å². The first-order valence-corrected chi connectivity index (χ1v) is 9.01. The molecule has 2 rings (SSSR count). The van der Waals surface area contributed by atoms with Crippen molar-refractivity contribution in [3.8, 4) is 0 Å². The number of rotatable bonds is 3. The summed E-state index contributed by atoms with van der Waals surface area (Å²) in [4.78, 5) is 12.3. The van der Waals surface area contributed by atoms with E-state index < -0.39 is 32.9 Å². The molecule has 1 aliphatic rings. The molecule has 1 aromatic rings. The molecule has 0 bridgehead atoms. The minimum absolute atomic E-state index is 0.257. The summed E-state index contributed by atoms with van der Waals surface area (Å²) in [6.07, 6.45) is 4.14. The Morgan fingerprint density at radius 3 is 2.62 bits per heavy atom. The molecule has 0 radical (unpaired) electrons. The maximum absolute atomic E-state index is 13.5. The van der Waals surface area contributed by atoms with Crippen molar-refractivity contribution in [2.24, 2.45) is 0 Å². The molecule has 1 N–H and O–H groups in total. The van der Waals surface area contributed by atoms with Crippen LogP contribution in [0.4, 0.5) is 4.39 Å². The van der Waals surface area contributed by atoms with Crippen LogP contribution in [0.25, 0.3) is 0 Å². The molecule has 116 valence electrons. The molecule has 6 heteroatoms. The van der Waals surface area contributed by atoms with Gasteiger partial charge in [-0.3, -0.25) is 4.79 Å². The second-order valence-corrected chi connectivity index (χ2v) is 7.91. The molecule has 0 heterocycles. The van der Waals surface area contributed by atoms with Gasteiger partial charge in [-0.1, -0.05) is 18.9 Å². The first-order chi connectivity index (χ1) is 9.80. The minimum atomic E-state index is -3.21. The Kier molecular flexibility index (Phi) is 4.66. The van der Waals surface area contributed by atoms with E-state index in [1.165, 1.54) is 18.4 Å². The average molecular weight is 313 g/mol. The van der Waals surface area contributed by atoms with Gasteiger partial charge in [-0.05, 0) is 37.5 Å². The molecule has 1 saturated carbocycles. The lowest BCUT2D eigenvalue weighted by Gasteiger charge is -2.31. The van der Waals surface area contributed by atoms with Gasteiger partial charge in [0.05, 0.1) is 5.25 Å². The van der Waals surface area contributed by atoms with Gasteiger partial charge in [-0.2, -0.15) is 0 Å². The summed E-state index contributed by atoms with van der Waals surface area (Å²) in [6, 6.07) is 3.92. The third-order valence-corrected chi connectivity index (χ3v) is 5.75. The zero-order valence-electron chi connectivity index (χ0n) is 12.2. The molecular formula is C15H20FNO3S. The Hall–Kier alpha value is -1.43. The van der Waals surface area contributed by atoms with Gasteiger partial charge in [-0.15, -0.1) is 0 Å². The monoisotopic (exact) mass is 313 g/mol. The van der Waals surface area contributed by atoms with Crippen molar-refractivity contribution in [2.45, 2.75) is 43.9 Å². The molecule has 1 aliphatic carbocycles. The van der Waals surface area contributed by atoms with Gasteiger partial charge >= 0.3 is 0 Å². The molecule has 0 saturated heterocycles. The highest BCUT2D eigenvalue weighted by atomic mass is 32.2. The zero-order valence-corrected chi connectivity index (χ0v) is 13.0. The Labute approximate surface area is 124 Å². The summed E-state index contributed by atoms with van der Waals surface area (Å²) >= 11 is 0. The van der Waals surface area contributed by atoms with Crippen molar-refractivity contribution in [3.63, 3.8) is 0 Å². The van der Waals surface area contributed by atoms with Gasteiger partial charge < -0.3 is 5.32 Å². The van der Waals surface area contributed by atoms with Gasteiger partial charge in [0.25, 0.3) is 5.91 Å². The third-order valence-electron chi connectivity index (χ3n) is 4.08. The van der Waals surface area contributed by atoms with E-state index in [2.05, 4.69) is 5.32 Å². The quantitative estimate of drug-likeness (QED) is 0.930. The highest BCUT2D eigenvalue weighted by Gasteiger charge is 2.34. The first-order valence-electron chi connectivity index (χ1n) is 7.05. The summed E-state index contributed by atoms with van der Waals surface area (Å²) < 4.78 is 37.2. The van der Waals surface area contributed by atoms with Crippen LogP contribution in [0.1, 0.15) is 41.6 Å². The highest BCUT2D eigenvalue weighted by Crippen LogP contribution is 2.24. The summed E-state index contributed by atoms with van der Waals surface area (Å²) in [5.74, 6) is -0.849. The van der Waals surface area contributed by atoms with Gasteiger partial charge in [0.1, 0.15) is 5.82 Å². The molecule has 1 aromatic carbocycles.